The molecule has 0 unspecified atom stereocenters. The predicted molar refractivity (Wildman–Crippen MR) is 114 cm³/mol. The van der Waals surface area contributed by atoms with Crippen LogP contribution in [0, 0.1) is 5.92 Å². The van der Waals surface area contributed by atoms with Crippen LogP contribution in [0.2, 0.25) is 0 Å². The molecule has 1 aliphatic rings. The van der Waals surface area contributed by atoms with Crippen LogP contribution < -0.4 is 10.3 Å². The SMILES string of the molecule is C[C@H]1CCc2c(sc3nc([C@H](C)N(C)CCOc4ccccc4)[nH]c(=O)c23)C1. The Hall–Kier alpha value is -2.18. The summed E-state index contributed by atoms with van der Waals surface area (Å²) < 4.78 is 5.79. The normalized spacial score (nSPS) is 17.6. The topological polar surface area (TPSA) is 58.2 Å². The fraction of sp³-hybridized carbons (Fsp3) is 0.455. The average molecular weight is 398 g/mol. The van der Waals surface area contributed by atoms with Gasteiger partial charge in [-0.3, -0.25) is 9.69 Å². The molecule has 0 spiro atoms. The minimum atomic E-state index is 0.00726. The summed E-state index contributed by atoms with van der Waals surface area (Å²) in [6.07, 6.45) is 3.21. The van der Waals surface area contributed by atoms with Gasteiger partial charge < -0.3 is 9.72 Å². The number of nitrogens with zero attached hydrogens (tertiary/aromatic N) is 2. The van der Waals surface area contributed by atoms with Crippen molar-refractivity contribution in [1.29, 1.82) is 0 Å². The Bertz CT molecular complexity index is 1010. The molecule has 5 nitrogen and oxygen atoms in total. The molecule has 0 amide bonds. The molecule has 0 bridgehead atoms. The Morgan fingerprint density at radius 2 is 2.14 bits per heavy atom. The fourth-order valence-electron chi connectivity index (χ4n) is 3.79. The van der Waals surface area contributed by atoms with Crippen molar-refractivity contribution in [2.75, 3.05) is 20.2 Å². The van der Waals surface area contributed by atoms with E-state index in [9.17, 15) is 4.79 Å². The molecule has 1 aromatic carbocycles. The van der Waals surface area contributed by atoms with Crippen LogP contribution in [-0.4, -0.2) is 35.1 Å². The minimum absolute atomic E-state index is 0.00726. The summed E-state index contributed by atoms with van der Waals surface area (Å²) in [7, 11) is 2.03. The van der Waals surface area contributed by atoms with E-state index in [1.165, 1.54) is 10.4 Å². The number of aromatic amines is 1. The van der Waals surface area contributed by atoms with E-state index in [-0.39, 0.29) is 11.6 Å². The summed E-state index contributed by atoms with van der Waals surface area (Å²) in [5, 5.41) is 0.818. The molecule has 0 radical (unpaired) electrons. The fourth-order valence-corrected chi connectivity index (χ4v) is 5.18. The van der Waals surface area contributed by atoms with E-state index in [1.54, 1.807) is 11.3 Å². The van der Waals surface area contributed by atoms with E-state index >= 15 is 0 Å². The number of fused-ring (bicyclic) bond motifs is 3. The van der Waals surface area contributed by atoms with Crippen molar-refractivity contribution in [2.24, 2.45) is 5.92 Å². The largest absolute Gasteiger partial charge is 0.492 e. The zero-order valence-corrected chi connectivity index (χ0v) is 17.5. The summed E-state index contributed by atoms with van der Waals surface area (Å²) in [6.45, 7) is 5.69. The van der Waals surface area contributed by atoms with Crippen molar-refractivity contribution in [3.8, 4) is 5.75 Å². The smallest absolute Gasteiger partial charge is 0.259 e. The average Bonchev–Trinajstić information content (AvgIpc) is 3.05. The van der Waals surface area contributed by atoms with E-state index in [4.69, 9.17) is 9.72 Å². The maximum absolute atomic E-state index is 12.8. The Morgan fingerprint density at radius 1 is 1.36 bits per heavy atom. The van der Waals surface area contributed by atoms with Crippen molar-refractivity contribution in [2.45, 2.75) is 39.2 Å². The number of aromatic nitrogens is 2. The highest BCUT2D eigenvalue weighted by Crippen LogP contribution is 2.36. The number of likely N-dealkylation sites (N-methyl/N-ethyl adjacent to an activating group) is 1. The van der Waals surface area contributed by atoms with Gasteiger partial charge >= 0.3 is 0 Å². The van der Waals surface area contributed by atoms with E-state index in [0.717, 1.165) is 47.6 Å². The first kappa shape index (κ1) is 19.2. The maximum atomic E-state index is 12.8. The summed E-state index contributed by atoms with van der Waals surface area (Å²) in [5.74, 6) is 2.29. The van der Waals surface area contributed by atoms with Gasteiger partial charge in [0, 0.05) is 11.4 Å². The lowest BCUT2D eigenvalue weighted by molar-refractivity contribution is 0.196. The maximum Gasteiger partial charge on any atom is 0.259 e. The monoisotopic (exact) mass is 397 g/mol. The lowest BCUT2D eigenvalue weighted by atomic mass is 9.89. The molecule has 148 valence electrons. The highest BCUT2D eigenvalue weighted by atomic mass is 32.1. The van der Waals surface area contributed by atoms with Crippen LogP contribution in [0.25, 0.3) is 10.2 Å². The van der Waals surface area contributed by atoms with Gasteiger partial charge in [-0.05, 0) is 56.8 Å². The molecule has 28 heavy (non-hydrogen) atoms. The molecular formula is C22H27N3O2S. The molecule has 6 heteroatoms. The highest BCUT2D eigenvalue weighted by Gasteiger charge is 2.24. The van der Waals surface area contributed by atoms with Gasteiger partial charge in [0.25, 0.3) is 5.56 Å². The molecule has 2 heterocycles. The van der Waals surface area contributed by atoms with E-state index in [0.29, 0.717) is 12.5 Å². The number of thiophene rings is 1. The molecule has 0 aliphatic heterocycles. The molecular weight excluding hydrogens is 370 g/mol. The van der Waals surface area contributed by atoms with Crippen LogP contribution in [0.5, 0.6) is 5.75 Å². The number of H-pyrrole nitrogens is 1. The second kappa shape index (κ2) is 8.05. The summed E-state index contributed by atoms with van der Waals surface area (Å²) in [5.41, 5.74) is 1.24. The number of hydrogen-bond donors (Lipinski definition) is 1. The number of para-hydroxylation sites is 1. The molecule has 2 atom stereocenters. The molecule has 2 aromatic heterocycles. The number of benzene rings is 1. The second-order valence-corrected chi connectivity index (χ2v) is 8.88. The van der Waals surface area contributed by atoms with Crippen LogP contribution in [0.3, 0.4) is 0 Å². The summed E-state index contributed by atoms with van der Waals surface area (Å²) >= 11 is 1.70. The zero-order chi connectivity index (χ0) is 19.7. The molecule has 4 rings (SSSR count). The third kappa shape index (κ3) is 3.84. The summed E-state index contributed by atoms with van der Waals surface area (Å²) in [6, 6.07) is 9.82. The first-order chi connectivity index (χ1) is 13.5. The molecule has 0 fully saturated rings. The molecule has 0 saturated heterocycles. The Kier molecular flexibility index (Phi) is 5.51. The summed E-state index contributed by atoms with van der Waals surface area (Å²) in [4.78, 5) is 25.1. The van der Waals surface area contributed by atoms with Gasteiger partial charge in [-0.25, -0.2) is 4.98 Å². The van der Waals surface area contributed by atoms with E-state index in [2.05, 4.69) is 23.7 Å². The minimum Gasteiger partial charge on any atom is -0.492 e. The van der Waals surface area contributed by atoms with E-state index in [1.807, 2.05) is 37.4 Å². The third-order valence-corrected chi connectivity index (χ3v) is 6.84. The lowest BCUT2D eigenvalue weighted by Gasteiger charge is -2.23. The highest BCUT2D eigenvalue weighted by molar-refractivity contribution is 7.18. The van der Waals surface area contributed by atoms with Gasteiger partial charge in [-0.15, -0.1) is 11.3 Å². The van der Waals surface area contributed by atoms with Gasteiger partial charge in [0.05, 0.1) is 11.4 Å². The number of aryl methyl sites for hydroxylation is 1. The van der Waals surface area contributed by atoms with Gasteiger partial charge in [-0.2, -0.15) is 0 Å². The predicted octanol–water partition coefficient (Wildman–Crippen LogP) is 4.18. The van der Waals surface area contributed by atoms with Crippen LogP contribution in [-0.2, 0) is 12.8 Å². The van der Waals surface area contributed by atoms with Crippen LogP contribution in [0.15, 0.2) is 35.1 Å². The van der Waals surface area contributed by atoms with E-state index < -0.39 is 0 Å². The lowest BCUT2D eigenvalue weighted by Crippen LogP contribution is -2.29. The molecule has 0 saturated carbocycles. The Labute approximate surface area is 169 Å². The number of nitrogens with one attached hydrogen (secondary N) is 1. The van der Waals surface area contributed by atoms with Gasteiger partial charge in [0.1, 0.15) is 23.0 Å². The van der Waals surface area contributed by atoms with Crippen molar-refractivity contribution in [1.82, 2.24) is 14.9 Å². The van der Waals surface area contributed by atoms with Crippen molar-refractivity contribution in [3.05, 3.63) is 57.0 Å². The number of rotatable bonds is 6. The molecule has 1 aliphatic carbocycles. The second-order valence-electron chi connectivity index (χ2n) is 7.80. The zero-order valence-electron chi connectivity index (χ0n) is 16.7. The van der Waals surface area contributed by atoms with Crippen molar-refractivity contribution < 1.29 is 4.74 Å². The van der Waals surface area contributed by atoms with Gasteiger partial charge in [0.15, 0.2) is 0 Å². The molecule has 3 aromatic rings. The van der Waals surface area contributed by atoms with Crippen molar-refractivity contribution >= 4 is 21.6 Å². The number of hydrogen-bond acceptors (Lipinski definition) is 5. The van der Waals surface area contributed by atoms with Gasteiger partial charge in [-0.1, -0.05) is 25.1 Å². The first-order valence-corrected chi connectivity index (χ1v) is 10.8. The number of ether oxygens (including phenoxy) is 1. The van der Waals surface area contributed by atoms with Gasteiger partial charge in [0.2, 0.25) is 0 Å². The van der Waals surface area contributed by atoms with Crippen LogP contribution >= 0.6 is 11.3 Å². The molecule has 1 N–H and O–H groups in total. The third-order valence-electron chi connectivity index (χ3n) is 5.70. The quantitative estimate of drug-likeness (QED) is 0.678. The standard InChI is InChI=1S/C22H27N3O2S/c1-14-9-10-17-18(13-14)28-22-19(17)21(26)23-20(24-22)15(2)25(3)11-12-27-16-7-5-4-6-8-16/h4-8,14-15H,9-13H2,1-3H3,(H,23,24,26)/t14-,15-/m0/s1. The van der Waals surface area contributed by atoms with Crippen LogP contribution in [0.4, 0.5) is 0 Å². The Balaban J connectivity index is 1.49. The Morgan fingerprint density at radius 3 is 2.93 bits per heavy atom. The van der Waals surface area contributed by atoms with Crippen molar-refractivity contribution in [3.63, 3.8) is 0 Å². The van der Waals surface area contributed by atoms with Crippen LogP contribution in [0.1, 0.15) is 42.6 Å². The first-order valence-electron chi connectivity index (χ1n) is 9.95.